The van der Waals surface area contributed by atoms with E-state index >= 15 is 0 Å². The van der Waals surface area contributed by atoms with Gasteiger partial charge in [0.05, 0.1) is 21.9 Å². The molecule has 0 fully saturated rings. The Hall–Kier alpha value is -2.37. The maximum absolute atomic E-state index is 12.2. The molecule has 0 aliphatic carbocycles. The molecule has 0 heterocycles. The Morgan fingerprint density at radius 3 is 2.76 bits per heavy atom. The summed E-state index contributed by atoms with van der Waals surface area (Å²) in [7, 11) is 1.50. The van der Waals surface area contributed by atoms with Crippen molar-refractivity contribution in [3.8, 4) is 6.07 Å². The normalized spacial score (nSPS) is 11.4. The number of hydrogen-bond donors (Lipinski definition) is 2. The third-order valence-corrected chi connectivity index (χ3v) is 3.07. The van der Waals surface area contributed by atoms with Crippen LogP contribution in [0.2, 0.25) is 5.02 Å². The minimum atomic E-state index is -0.685. The number of anilines is 1. The van der Waals surface area contributed by atoms with Gasteiger partial charge in [0.25, 0.3) is 11.6 Å². The molecule has 0 aliphatic rings. The topological polar surface area (TPSA) is 125 Å². The van der Waals surface area contributed by atoms with E-state index in [4.69, 9.17) is 22.7 Å². The van der Waals surface area contributed by atoms with Gasteiger partial charge in [0.15, 0.2) is 0 Å². The molecule has 8 nitrogen and oxygen atoms in total. The number of nitrogen functional groups attached to an aromatic ring is 1. The average Bonchev–Trinajstić information content (AvgIpc) is 2.44. The van der Waals surface area contributed by atoms with Crippen molar-refractivity contribution in [1.82, 2.24) is 4.90 Å². The zero-order chi connectivity index (χ0) is 16.2. The highest BCUT2D eigenvalue weighted by molar-refractivity contribution is 6.34. The molecule has 0 saturated heterocycles. The van der Waals surface area contributed by atoms with Crippen molar-refractivity contribution in [2.45, 2.75) is 6.92 Å². The van der Waals surface area contributed by atoms with Gasteiger partial charge in [0.2, 0.25) is 0 Å². The lowest BCUT2D eigenvalue weighted by molar-refractivity contribution is -0.384. The highest BCUT2D eigenvalue weighted by Crippen LogP contribution is 2.33. The van der Waals surface area contributed by atoms with Crippen LogP contribution in [0.1, 0.15) is 17.3 Å². The SMILES string of the molecule is CC(C#N)CN(C)C(=O)c1cc(Cl)c(NN)c([N+](=O)[O-])c1. The van der Waals surface area contributed by atoms with E-state index in [1.54, 1.807) is 6.92 Å². The molecule has 0 aromatic heterocycles. The van der Waals surface area contributed by atoms with Crippen molar-refractivity contribution >= 4 is 28.9 Å². The highest BCUT2D eigenvalue weighted by atomic mass is 35.5. The highest BCUT2D eigenvalue weighted by Gasteiger charge is 2.23. The number of hydrogen-bond acceptors (Lipinski definition) is 6. The van der Waals surface area contributed by atoms with Crippen LogP contribution in [0, 0.1) is 27.4 Å². The maximum atomic E-state index is 12.2. The molecule has 1 aromatic carbocycles. The number of nitriles is 1. The Kier molecular flexibility index (Phi) is 5.46. The van der Waals surface area contributed by atoms with E-state index in [1.807, 2.05) is 6.07 Å². The number of carbonyl (C=O) groups excluding carboxylic acids is 1. The fraction of sp³-hybridized carbons (Fsp3) is 0.333. The molecular formula is C12H14ClN5O3. The second-order valence-electron chi connectivity index (χ2n) is 4.47. The molecule has 0 radical (unpaired) electrons. The predicted octanol–water partition coefficient (Wildman–Crippen LogP) is 1.77. The minimum absolute atomic E-state index is 0.0308. The van der Waals surface area contributed by atoms with E-state index in [-0.39, 0.29) is 28.7 Å². The average molecular weight is 312 g/mol. The Labute approximate surface area is 126 Å². The van der Waals surface area contributed by atoms with Crippen LogP contribution in [0.15, 0.2) is 12.1 Å². The van der Waals surface area contributed by atoms with Gasteiger partial charge in [0.1, 0.15) is 5.69 Å². The van der Waals surface area contributed by atoms with Crippen LogP contribution < -0.4 is 11.3 Å². The van der Waals surface area contributed by atoms with Gasteiger partial charge in [-0.2, -0.15) is 5.26 Å². The fourth-order valence-electron chi connectivity index (χ4n) is 1.76. The molecule has 0 bridgehead atoms. The molecule has 3 N–H and O–H groups in total. The summed E-state index contributed by atoms with van der Waals surface area (Å²) in [4.78, 5) is 23.8. The second-order valence-corrected chi connectivity index (χ2v) is 4.88. The molecule has 1 aromatic rings. The van der Waals surface area contributed by atoms with Gasteiger partial charge in [-0.1, -0.05) is 11.6 Å². The monoisotopic (exact) mass is 311 g/mol. The molecule has 1 rings (SSSR count). The third kappa shape index (κ3) is 3.81. The molecule has 9 heteroatoms. The van der Waals surface area contributed by atoms with Crippen LogP contribution in [0.4, 0.5) is 11.4 Å². The molecule has 0 spiro atoms. The van der Waals surface area contributed by atoms with Crippen LogP contribution in [0.5, 0.6) is 0 Å². The molecule has 1 atom stereocenters. The number of benzene rings is 1. The second kappa shape index (κ2) is 6.88. The van der Waals surface area contributed by atoms with Crippen LogP contribution in [-0.4, -0.2) is 29.3 Å². The summed E-state index contributed by atoms with van der Waals surface area (Å²) < 4.78 is 0. The summed E-state index contributed by atoms with van der Waals surface area (Å²) in [5, 5.41) is 19.7. The van der Waals surface area contributed by atoms with Crippen LogP contribution in [0.25, 0.3) is 0 Å². The van der Waals surface area contributed by atoms with Crippen molar-refractivity contribution in [3.05, 3.63) is 32.8 Å². The molecule has 0 saturated carbocycles. The van der Waals surface area contributed by atoms with Gasteiger partial charge in [-0.25, -0.2) is 0 Å². The number of nitro benzene ring substituents is 1. The number of nitrogens with one attached hydrogen (secondary N) is 1. The Bertz CT molecular complexity index is 614. The number of nitrogens with zero attached hydrogens (tertiary/aromatic N) is 3. The summed E-state index contributed by atoms with van der Waals surface area (Å²) >= 11 is 5.89. The number of halogens is 1. The van der Waals surface area contributed by atoms with E-state index in [0.29, 0.717) is 0 Å². The van der Waals surface area contributed by atoms with E-state index < -0.39 is 16.5 Å². The lowest BCUT2D eigenvalue weighted by Gasteiger charge is -2.18. The zero-order valence-electron chi connectivity index (χ0n) is 11.5. The van der Waals surface area contributed by atoms with Crippen molar-refractivity contribution in [2.24, 2.45) is 11.8 Å². The van der Waals surface area contributed by atoms with Gasteiger partial charge in [-0.3, -0.25) is 20.8 Å². The van der Waals surface area contributed by atoms with Gasteiger partial charge in [0, 0.05) is 25.2 Å². The summed E-state index contributed by atoms with van der Waals surface area (Å²) in [6.07, 6.45) is 0. The number of nitro groups is 1. The quantitative estimate of drug-likeness (QED) is 0.485. The molecule has 112 valence electrons. The lowest BCUT2D eigenvalue weighted by Crippen LogP contribution is -2.30. The summed E-state index contributed by atoms with van der Waals surface area (Å²) in [5.41, 5.74) is 1.74. The first-order valence-corrected chi connectivity index (χ1v) is 6.29. The van der Waals surface area contributed by atoms with E-state index in [2.05, 4.69) is 5.43 Å². The fourth-order valence-corrected chi connectivity index (χ4v) is 2.03. The summed E-state index contributed by atoms with van der Waals surface area (Å²) in [6, 6.07) is 4.39. The Morgan fingerprint density at radius 1 is 1.67 bits per heavy atom. The zero-order valence-corrected chi connectivity index (χ0v) is 12.2. The number of hydrazine groups is 1. The van der Waals surface area contributed by atoms with Gasteiger partial charge >= 0.3 is 0 Å². The lowest BCUT2D eigenvalue weighted by atomic mass is 10.1. The van der Waals surface area contributed by atoms with Gasteiger partial charge < -0.3 is 10.3 Å². The summed E-state index contributed by atoms with van der Waals surface area (Å²) in [5.74, 6) is 4.37. The van der Waals surface area contributed by atoms with Gasteiger partial charge in [-0.15, -0.1) is 0 Å². The molecular weight excluding hydrogens is 298 g/mol. The maximum Gasteiger partial charge on any atom is 0.295 e. The predicted molar refractivity (Wildman–Crippen MR) is 77.7 cm³/mol. The van der Waals surface area contributed by atoms with Crippen molar-refractivity contribution in [1.29, 1.82) is 5.26 Å². The van der Waals surface area contributed by atoms with E-state index in [1.165, 1.54) is 18.0 Å². The minimum Gasteiger partial charge on any atom is -0.340 e. The first kappa shape index (κ1) is 16.7. The number of carbonyl (C=O) groups is 1. The first-order valence-electron chi connectivity index (χ1n) is 5.91. The Balaban J connectivity index is 3.17. The number of nitrogens with two attached hydrogens (primary N) is 1. The van der Waals surface area contributed by atoms with Crippen molar-refractivity contribution in [2.75, 3.05) is 19.0 Å². The Morgan fingerprint density at radius 2 is 2.29 bits per heavy atom. The first-order chi connectivity index (χ1) is 9.81. The molecule has 1 unspecified atom stereocenters. The van der Waals surface area contributed by atoms with Crippen LogP contribution in [0.3, 0.4) is 0 Å². The number of amides is 1. The smallest absolute Gasteiger partial charge is 0.295 e. The molecule has 0 aliphatic heterocycles. The van der Waals surface area contributed by atoms with Gasteiger partial charge in [-0.05, 0) is 13.0 Å². The standard InChI is InChI=1S/C12H14ClN5O3/c1-7(5-14)6-17(2)12(19)8-3-9(13)11(16-15)10(4-8)18(20)21/h3-4,7,16H,6,15H2,1-2H3. The van der Waals surface area contributed by atoms with E-state index in [0.717, 1.165) is 6.07 Å². The van der Waals surface area contributed by atoms with Crippen LogP contribution in [-0.2, 0) is 0 Å². The molecule has 21 heavy (non-hydrogen) atoms. The van der Waals surface area contributed by atoms with Crippen molar-refractivity contribution < 1.29 is 9.72 Å². The largest absolute Gasteiger partial charge is 0.340 e. The summed E-state index contributed by atoms with van der Waals surface area (Å²) in [6.45, 7) is 1.87. The molecule has 1 amide bonds. The van der Waals surface area contributed by atoms with E-state index in [9.17, 15) is 14.9 Å². The number of rotatable bonds is 5. The van der Waals surface area contributed by atoms with Crippen molar-refractivity contribution in [3.63, 3.8) is 0 Å². The van der Waals surface area contributed by atoms with Crippen LogP contribution >= 0.6 is 11.6 Å². The third-order valence-electron chi connectivity index (χ3n) is 2.77.